The minimum absolute atomic E-state index is 0.177. The lowest BCUT2D eigenvalue weighted by molar-refractivity contribution is -0.101. The number of pyridine rings is 1. The van der Waals surface area contributed by atoms with Crippen molar-refractivity contribution in [2.45, 2.75) is 55.8 Å². The maximum atomic E-state index is 13.2. The first-order chi connectivity index (χ1) is 16.9. The Kier molecular flexibility index (Phi) is 6.94. The van der Waals surface area contributed by atoms with Crippen molar-refractivity contribution in [1.82, 2.24) is 9.88 Å². The van der Waals surface area contributed by atoms with Crippen molar-refractivity contribution in [3.63, 3.8) is 0 Å². The molecule has 7 nitrogen and oxygen atoms in total. The number of nitrogens with zero attached hydrogens (tertiary/aromatic N) is 2. The molecule has 2 heterocycles. The molecule has 0 saturated carbocycles. The third-order valence-corrected chi connectivity index (χ3v) is 7.71. The third-order valence-electron chi connectivity index (χ3n) is 6.61. The minimum Gasteiger partial charge on any atom is -0.438 e. The van der Waals surface area contributed by atoms with Crippen molar-refractivity contribution in [2.75, 3.05) is 12.8 Å². The summed E-state index contributed by atoms with van der Waals surface area (Å²) in [6, 6.07) is 20.3. The molecular weight excluding hydrogens is 476 g/mol. The lowest BCUT2D eigenvalue weighted by atomic mass is 9.80. The van der Waals surface area contributed by atoms with Gasteiger partial charge in [0.05, 0.1) is 22.2 Å². The second kappa shape index (κ2) is 9.67. The topological polar surface area (TPSA) is 96.8 Å². The largest absolute Gasteiger partial charge is 0.438 e. The number of aromatic nitrogens is 1. The van der Waals surface area contributed by atoms with Crippen LogP contribution in [0, 0.1) is 0 Å². The van der Waals surface area contributed by atoms with E-state index in [2.05, 4.69) is 4.98 Å². The van der Waals surface area contributed by atoms with E-state index in [4.69, 9.17) is 4.74 Å². The van der Waals surface area contributed by atoms with Crippen LogP contribution in [0.25, 0.3) is 11.3 Å². The summed E-state index contributed by atoms with van der Waals surface area (Å²) in [5.74, 6) is 0. The van der Waals surface area contributed by atoms with Gasteiger partial charge >= 0.3 is 6.09 Å². The summed E-state index contributed by atoms with van der Waals surface area (Å²) >= 11 is 0. The second-order valence-corrected chi connectivity index (χ2v) is 12.1. The predicted octanol–water partition coefficient (Wildman–Crippen LogP) is 5.11. The first-order valence-corrected chi connectivity index (χ1v) is 13.8. The van der Waals surface area contributed by atoms with Gasteiger partial charge in [0.2, 0.25) is 0 Å². The molecule has 1 saturated heterocycles. The van der Waals surface area contributed by atoms with Crippen LogP contribution in [-0.2, 0) is 20.2 Å². The lowest BCUT2D eigenvalue weighted by Gasteiger charge is -2.45. The predicted molar refractivity (Wildman–Crippen MR) is 138 cm³/mol. The molecule has 2 aromatic carbocycles. The molecule has 1 amide bonds. The maximum absolute atomic E-state index is 13.2. The Morgan fingerprint density at radius 3 is 2.28 bits per heavy atom. The Hall–Kier alpha value is -3.23. The van der Waals surface area contributed by atoms with E-state index < -0.39 is 27.1 Å². The molecule has 1 aliphatic heterocycles. The zero-order valence-electron chi connectivity index (χ0n) is 21.0. The van der Waals surface area contributed by atoms with Crippen molar-refractivity contribution in [3.05, 3.63) is 84.1 Å². The van der Waals surface area contributed by atoms with E-state index in [9.17, 15) is 18.3 Å². The number of ether oxygens (including phenoxy) is 1. The Morgan fingerprint density at radius 2 is 1.75 bits per heavy atom. The van der Waals surface area contributed by atoms with Crippen molar-refractivity contribution in [3.8, 4) is 11.3 Å². The Balaban J connectivity index is 1.51. The van der Waals surface area contributed by atoms with E-state index in [1.54, 1.807) is 30.9 Å². The fourth-order valence-electron chi connectivity index (χ4n) is 4.77. The van der Waals surface area contributed by atoms with Gasteiger partial charge in [-0.05, 0) is 44.0 Å². The smallest absolute Gasteiger partial charge is 0.411 e. The molecule has 36 heavy (non-hydrogen) atoms. The van der Waals surface area contributed by atoms with E-state index in [0.29, 0.717) is 25.1 Å². The van der Waals surface area contributed by atoms with Gasteiger partial charge in [0.25, 0.3) is 0 Å². The zero-order chi connectivity index (χ0) is 26.1. The molecule has 8 heteroatoms. The van der Waals surface area contributed by atoms with Crippen LogP contribution in [0.5, 0.6) is 0 Å². The van der Waals surface area contributed by atoms with Crippen LogP contribution in [0.15, 0.2) is 77.8 Å². The summed E-state index contributed by atoms with van der Waals surface area (Å²) < 4.78 is 29.4. The van der Waals surface area contributed by atoms with Gasteiger partial charge in [-0.1, -0.05) is 54.6 Å². The molecule has 4 rings (SSSR count). The molecule has 0 radical (unpaired) electrons. The fraction of sp³-hybridized carbons (Fsp3) is 0.357. The van der Waals surface area contributed by atoms with Gasteiger partial charge < -0.3 is 14.7 Å². The van der Waals surface area contributed by atoms with Gasteiger partial charge in [-0.3, -0.25) is 4.98 Å². The number of benzene rings is 2. The fourth-order valence-corrected chi connectivity index (χ4v) is 5.33. The second-order valence-electron chi connectivity index (χ2n) is 10.1. The van der Waals surface area contributed by atoms with E-state index >= 15 is 0 Å². The minimum atomic E-state index is -3.30. The molecule has 1 aromatic heterocycles. The molecule has 0 aliphatic carbocycles. The Bertz CT molecular complexity index is 1320. The van der Waals surface area contributed by atoms with E-state index in [1.165, 1.54) is 6.20 Å². The van der Waals surface area contributed by atoms with E-state index in [0.717, 1.165) is 22.9 Å². The number of hydrogen-bond donors (Lipinski definition) is 1. The van der Waals surface area contributed by atoms with Gasteiger partial charge in [-0.15, -0.1) is 0 Å². The molecular formula is C28H32N2O5S. The molecule has 1 aliphatic rings. The molecule has 3 aromatic rings. The molecule has 0 spiro atoms. The number of aliphatic hydroxyl groups is 1. The average molecular weight is 509 g/mol. The maximum Gasteiger partial charge on any atom is 0.411 e. The highest BCUT2D eigenvalue weighted by Crippen LogP contribution is 2.42. The highest BCUT2D eigenvalue weighted by atomic mass is 32.2. The zero-order valence-corrected chi connectivity index (χ0v) is 21.8. The highest BCUT2D eigenvalue weighted by molar-refractivity contribution is 7.90. The summed E-state index contributed by atoms with van der Waals surface area (Å²) in [7, 11) is -3.30. The average Bonchev–Trinajstić information content (AvgIpc) is 2.83. The Morgan fingerprint density at radius 1 is 1.08 bits per heavy atom. The summed E-state index contributed by atoms with van der Waals surface area (Å²) in [5, 5.41) is 10.6. The first kappa shape index (κ1) is 25.9. The molecule has 0 bridgehead atoms. The molecule has 190 valence electrons. The highest BCUT2D eigenvalue weighted by Gasteiger charge is 2.46. The van der Waals surface area contributed by atoms with Gasteiger partial charge in [0.1, 0.15) is 5.60 Å². The number of amides is 1. The summed E-state index contributed by atoms with van der Waals surface area (Å²) in [4.78, 5) is 19.4. The quantitative estimate of drug-likeness (QED) is 0.476. The van der Waals surface area contributed by atoms with Crippen molar-refractivity contribution in [1.29, 1.82) is 0 Å². The van der Waals surface area contributed by atoms with Crippen molar-refractivity contribution >= 4 is 15.9 Å². The third kappa shape index (κ3) is 5.60. The van der Waals surface area contributed by atoms with Crippen molar-refractivity contribution < 1.29 is 23.1 Å². The standard InChI is InChI=1S/C28H32N2O5S/c1-20(21-10-12-22(13-11-21)25-15-14-24(18-29-25)36(4,33)34)30-17-16-28(35-26(30)31,19-27(2,3)32)23-8-6-5-7-9-23/h5-15,18,20,32H,16-17,19H2,1-4H3/t20-,28?/m0/s1. The number of sulfone groups is 1. The van der Waals surface area contributed by atoms with Crippen LogP contribution in [0.3, 0.4) is 0 Å². The number of carbonyl (C=O) groups is 1. The molecule has 2 atom stereocenters. The van der Waals surface area contributed by atoms with Crippen LogP contribution in [0.4, 0.5) is 4.79 Å². The lowest BCUT2D eigenvalue weighted by Crippen LogP contribution is -2.51. The number of carbonyl (C=O) groups excluding carboxylic acids is 1. The normalized spacial score (nSPS) is 19.6. The summed E-state index contributed by atoms with van der Waals surface area (Å²) in [6.45, 7) is 5.90. The van der Waals surface area contributed by atoms with Gasteiger partial charge in [0.15, 0.2) is 9.84 Å². The summed E-state index contributed by atoms with van der Waals surface area (Å²) in [6.07, 6.45) is 2.96. The monoisotopic (exact) mass is 508 g/mol. The number of hydrogen-bond acceptors (Lipinski definition) is 6. The SMILES string of the molecule is C[C@@H](c1ccc(-c2ccc(S(C)(=O)=O)cn2)cc1)N1CCC(CC(C)(C)O)(c2ccccc2)OC1=O. The Labute approximate surface area is 212 Å². The van der Waals surface area contributed by atoms with E-state index in [1.807, 2.05) is 61.5 Å². The summed E-state index contributed by atoms with van der Waals surface area (Å²) in [5.41, 5.74) is 1.44. The molecule has 1 N–H and O–H groups in total. The van der Waals surface area contributed by atoms with Crippen molar-refractivity contribution in [2.24, 2.45) is 0 Å². The molecule has 1 unspecified atom stereocenters. The van der Waals surface area contributed by atoms with Gasteiger partial charge in [-0.25, -0.2) is 13.2 Å². The van der Waals surface area contributed by atoms with Crippen LogP contribution in [0.2, 0.25) is 0 Å². The van der Waals surface area contributed by atoms with Crippen LogP contribution in [0.1, 0.15) is 50.8 Å². The van der Waals surface area contributed by atoms with Gasteiger partial charge in [0, 0.05) is 37.4 Å². The van der Waals surface area contributed by atoms with E-state index in [-0.39, 0.29) is 10.9 Å². The van der Waals surface area contributed by atoms with Crippen LogP contribution in [-0.4, -0.2) is 47.9 Å². The van der Waals surface area contributed by atoms with Crippen LogP contribution >= 0.6 is 0 Å². The number of rotatable bonds is 7. The first-order valence-electron chi connectivity index (χ1n) is 11.9. The number of cyclic esters (lactones) is 1. The van der Waals surface area contributed by atoms with Gasteiger partial charge in [-0.2, -0.15) is 0 Å². The molecule has 1 fully saturated rings. The van der Waals surface area contributed by atoms with Crippen LogP contribution < -0.4 is 0 Å².